The van der Waals surface area contributed by atoms with E-state index in [2.05, 4.69) is 15.2 Å². The molecule has 1 N–H and O–H groups in total. The van der Waals surface area contributed by atoms with Crippen molar-refractivity contribution in [1.29, 1.82) is 0 Å². The SMILES string of the molecule is CN(CCO)c1nc(-c2ccc(Cl)cc2)nnc1-c1ccccc1. The van der Waals surface area contributed by atoms with Gasteiger partial charge in [0.25, 0.3) is 0 Å². The Hall–Kier alpha value is -2.50. The summed E-state index contributed by atoms with van der Waals surface area (Å²) in [6, 6.07) is 17.1. The van der Waals surface area contributed by atoms with Crippen LogP contribution in [-0.4, -0.2) is 40.5 Å². The largest absolute Gasteiger partial charge is 0.395 e. The lowest BCUT2D eigenvalue weighted by Crippen LogP contribution is -2.24. The van der Waals surface area contributed by atoms with Gasteiger partial charge in [0.2, 0.25) is 0 Å². The number of hydrogen-bond acceptors (Lipinski definition) is 5. The molecule has 3 aromatic rings. The Morgan fingerprint density at radius 3 is 2.33 bits per heavy atom. The zero-order chi connectivity index (χ0) is 16.9. The summed E-state index contributed by atoms with van der Waals surface area (Å²) >= 11 is 5.93. The monoisotopic (exact) mass is 340 g/mol. The first-order valence-corrected chi connectivity index (χ1v) is 7.95. The number of hydrogen-bond donors (Lipinski definition) is 1. The van der Waals surface area contributed by atoms with Crippen molar-refractivity contribution in [3.63, 3.8) is 0 Å². The van der Waals surface area contributed by atoms with E-state index in [4.69, 9.17) is 11.6 Å². The second-order valence-corrected chi connectivity index (χ2v) is 5.76. The van der Waals surface area contributed by atoms with Crippen molar-refractivity contribution >= 4 is 17.4 Å². The zero-order valence-corrected chi connectivity index (χ0v) is 14.0. The first kappa shape index (κ1) is 16.4. The van der Waals surface area contributed by atoms with Crippen LogP contribution in [0, 0.1) is 0 Å². The van der Waals surface area contributed by atoms with E-state index in [0.717, 1.165) is 11.1 Å². The zero-order valence-electron chi connectivity index (χ0n) is 13.2. The lowest BCUT2D eigenvalue weighted by molar-refractivity contribution is 0.304. The predicted octanol–water partition coefficient (Wildman–Crippen LogP) is 3.29. The van der Waals surface area contributed by atoms with Crippen molar-refractivity contribution in [2.75, 3.05) is 25.1 Å². The number of anilines is 1. The van der Waals surface area contributed by atoms with Crippen molar-refractivity contribution in [3.8, 4) is 22.6 Å². The molecule has 3 rings (SSSR count). The van der Waals surface area contributed by atoms with Crippen molar-refractivity contribution in [2.45, 2.75) is 0 Å². The molecule has 0 aliphatic heterocycles. The van der Waals surface area contributed by atoms with Crippen LogP contribution in [0.4, 0.5) is 5.82 Å². The summed E-state index contributed by atoms with van der Waals surface area (Å²) in [7, 11) is 1.87. The van der Waals surface area contributed by atoms with Crippen molar-refractivity contribution < 1.29 is 5.11 Å². The molecule has 0 radical (unpaired) electrons. The highest BCUT2D eigenvalue weighted by atomic mass is 35.5. The van der Waals surface area contributed by atoms with E-state index in [1.807, 2.05) is 54.4 Å². The van der Waals surface area contributed by atoms with Gasteiger partial charge in [0, 0.05) is 29.7 Å². The molecule has 6 heteroatoms. The third kappa shape index (κ3) is 3.53. The molecule has 0 amide bonds. The molecule has 1 heterocycles. The second kappa shape index (κ2) is 7.38. The van der Waals surface area contributed by atoms with Gasteiger partial charge < -0.3 is 10.0 Å². The van der Waals surface area contributed by atoms with E-state index in [-0.39, 0.29) is 6.61 Å². The average Bonchev–Trinajstić information content (AvgIpc) is 2.63. The van der Waals surface area contributed by atoms with Crippen molar-refractivity contribution in [2.24, 2.45) is 0 Å². The number of aliphatic hydroxyl groups is 1. The molecule has 2 aromatic carbocycles. The maximum absolute atomic E-state index is 9.26. The Labute approximate surface area is 145 Å². The van der Waals surface area contributed by atoms with Crippen LogP contribution in [0.5, 0.6) is 0 Å². The molecule has 24 heavy (non-hydrogen) atoms. The molecular formula is C18H17ClN4O. The van der Waals surface area contributed by atoms with Gasteiger partial charge in [-0.1, -0.05) is 41.9 Å². The van der Waals surface area contributed by atoms with Crippen LogP contribution in [-0.2, 0) is 0 Å². The Morgan fingerprint density at radius 2 is 1.67 bits per heavy atom. The van der Waals surface area contributed by atoms with Gasteiger partial charge in [0.1, 0.15) is 5.69 Å². The maximum Gasteiger partial charge on any atom is 0.183 e. The Morgan fingerprint density at radius 1 is 0.958 bits per heavy atom. The normalized spacial score (nSPS) is 10.6. The molecule has 122 valence electrons. The molecule has 0 saturated carbocycles. The molecule has 0 aliphatic carbocycles. The van der Waals surface area contributed by atoms with Gasteiger partial charge in [-0.05, 0) is 24.3 Å². The molecule has 0 spiro atoms. The smallest absolute Gasteiger partial charge is 0.183 e. The predicted molar refractivity (Wildman–Crippen MR) is 96.1 cm³/mol. The van der Waals surface area contributed by atoms with Gasteiger partial charge in [-0.15, -0.1) is 10.2 Å². The van der Waals surface area contributed by atoms with Crippen LogP contribution in [0.2, 0.25) is 5.02 Å². The molecule has 1 aromatic heterocycles. The highest BCUT2D eigenvalue weighted by Gasteiger charge is 2.15. The van der Waals surface area contributed by atoms with Crippen LogP contribution >= 0.6 is 11.6 Å². The van der Waals surface area contributed by atoms with Gasteiger partial charge in [0.15, 0.2) is 11.6 Å². The standard InChI is InChI=1S/C18H17ClN4O/c1-23(11-12-24)18-16(13-5-3-2-4-6-13)21-22-17(20-18)14-7-9-15(19)10-8-14/h2-10,24H,11-12H2,1H3. The summed E-state index contributed by atoms with van der Waals surface area (Å²) in [5.41, 5.74) is 2.45. The number of rotatable bonds is 5. The quantitative estimate of drug-likeness (QED) is 0.772. The van der Waals surface area contributed by atoms with E-state index in [9.17, 15) is 5.11 Å². The van der Waals surface area contributed by atoms with Crippen LogP contribution in [0.1, 0.15) is 0 Å². The number of aromatic nitrogens is 3. The minimum Gasteiger partial charge on any atom is -0.395 e. The summed E-state index contributed by atoms with van der Waals surface area (Å²) in [5.74, 6) is 1.20. The van der Waals surface area contributed by atoms with E-state index in [0.29, 0.717) is 28.9 Å². The minimum absolute atomic E-state index is 0.0327. The first-order chi connectivity index (χ1) is 11.7. The molecule has 0 aliphatic rings. The van der Waals surface area contributed by atoms with Crippen LogP contribution < -0.4 is 4.90 Å². The Kier molecular flexibility index (Phi) is 5.03. The van der Waals surface area contributed by atoms with E-state index >= 15 is 0 Å². The van der Waals surface area contributed by atoms with Gasteiger partial charge in [-0.25, -0.2) is 4.98 Å². The first-order valence-electron chi connectivity index (χ1n) is 7.57. The molecule has 0 fully saturated rings. The molecule has 0 unspecified atom stereocenters. The third-order valence-corrected chi connectivity index (χ3v) is 3.87. The van der Waals surface area contributed by atoms with E-state index in [1.165, 1.54) is 0 Å². The minimum atomic E-state index is 0.0327. The fourth-order valence-electron chi connectivity index (χ4n) is 2.34. The average molecular weight is 341 g/mol. The van der Waals surface area contributed by atoms with Crippen molar-refractivity contribution in [1.82, 2.24) is 15.2 Å². The molecule has 5 nitrogen and oxygen atoms in total. The summed E-state index contributed by atoms with van der Waals surface area (Å²) in [4.78, 5) is 6.54. The van der Waals surface area contributed by atoms with E-state index in [1.54, 1.807) is 12.1 Å². The van der Waals surface area contributed by atoms with Crippen LogP contribution in [0.3, 0.4) is 0 Å². The number of likely N-dealkylation sites (N-methyl/N-ethyl adjacent to an activating group) is 1. The van der Waals surface area contributed by atoms with Crippen molar-refractivity contribution in [3.05, 3.63) is 59.6 Å². The van der Waals surface area contributed by atoms with E-state index < -0.39 is 0 Å². The second-order valence-electron chi connectivity index (χ2n) is 5.33. The lowest BCUT2D eigenvalue weighted by Gasteiger charge is -2.19. The Bertz CT molecular complexity index is 809. The fraction of sp³-hybridized carbons (Fsp3) is 0.167. The van der Waals surface area contributed by atoms with Crippen LogP contribution in [0.15, 0.2) is 54.6 Å². The molecular weight excluding hydrogens is 324 g/mol. The number of benzene rings is 2. The molecule has 0 atom stereocenters. The third-order valence-electron chi connectivity index (χ3n) is 3.61. The maximum atomic E-state index is 9.26. The number of nitrogens with zero attached hydrogens (tertiary/aromatic N) is 4. The topological polar surface area (TPSA) is 62.1 Å². The molecule has 0 saturated heterocycles. The summed E-state index contributed by atoms with van der Waals surface area (Å²) < 4.78 is 0. The summed E-state index contributed by atoms with van der Waals surface area (Å²) in [6.45, 7) is 0.490. The van der Waals surface area contributed by atoms with Gasteiger partial charge in [-0.2, -0.15) is 0 Å². The number of aliphatic hydroxyl groups excluding tert-OH is 1. The molecule has 0 bridgehead atoms. The van der Waals surface area contributed by atoms with Gasteiger partial charge in [0.05, 0.1) is 6.61 Å². The van der Waals surface area contributed by atoms with Gasteiger partial charge in [-0.3, -0.25) is 0 Å². The highest BCUT2D eigenvalue weighted by molar-refractivity contribution is 6.30. The van der Waals surface area contributed by atoms with Gasteiger partial charge >= 0.3 is 0 Å². The number of halogens is 1. The summed E-state index contributed by atoms with van der Waals surface area (Å²) in [5, 5.41) is 18.6. The highest BCUT2D eigenvalue weighted by Crippen LogP contribution is 2.28. The fourth-order valence-corrected chi connectivity index (χ4v) is 2.47. The van der Waals surface area contributed by atoms with Crippen LogP contribution in [0.25, 0.3) is 22.6 Å². The lowest BCUT2D eigenvalue weighted by atomic mass is 10.1. The summed E-state index contributed by atoms with van der Waals surface area (Å²) in [6.07, 6.45) is 0. The Balaban J connectivity index is 2.09.